The van der Waals surface area contributed by atoms with E-state index in [1.54, 1.807) is 24.4 Å². The Balaban J connectivity index is 1.56. The van der Waals surface area contributed by atoms with Gasteiger partial charge in [-0.25, -0.2) is 4.98 Å². The minimum absolute atomic E-state index is 0.225. The molecule has 0 radical (unpaired) electrons. The Morgan fingerprint density at radius 1 is 1.00 bits per heavy atom. The molecule has 5 nitrogen and oxygen atoms in total. The van der Waals surface area contributed by atoms with Crippen molar-refractivity contribution in [3.8, 4) is 11.3 Å². The summed E-state index contributed by atoms with van der Waals surface area (Å²) in [6.07, 6.45) is 5.65. The first kappa shape index (κ1) is 15.1. The fourth-order valence-corrected chi connectivity index (χ4v) is 2.66. The maximum absolute atomic E-state index is 12.1. The number of nitrogens with zero attached hydrogens (tertiary/aromatic N) is 3. The summed E-state index contributed by atoms with van der Waals surface area (Å²) in [5.74, 6) is -0.225. The lowest BCUT2D eigenvalue weighted by Crippen LogP contribution is -2.13. The molecule has 4 rings (SSSR count). The van der Waals surface area contributed by atoms with Crippen LogP contribution >= 0.6 is 0 Å². The third kappa shape index (κ3) is 3.12. The Bertz CT molecular complexity index is 1040. The standard InChI is InChI=1S/C20H16N4O/c1-14-5-10-19-23-18(13-24(19)12-14)15-6-8-16(9-7-15)22-20(25)17-4-2-3-11-21-17/h2-13H,1H3,(H,22,25). The lowest BCUT2D eigenvalue weighted by molar-refractivity contribution is 0.102. The van der Waals surface area contributed by atoms with Gasteiger partial charge in [-0.3, -0.25) is 9.78 Å². The first-order chi connectivity index (χ1) is 12.2. The van der Waals surface area contributed by atoms with Crippen molar-refractivity contribution < 1.29 is 4.79 Å². The number of hydrogen-bond acceptors (Lipinski definition) is 3. The first-order valence-electron chi connectivity index (χ1n) is 7.97. The van der Waals surface area contributed by atoms with Gasteiger partial charge in [-0.2, -0.15) is 0 Å². The van der Waals surface area contributed by atoms with Gasteiger partial charge in [-0.05, 0) is 42.8 Å². The molecule has 1 amide bonds. The summed E-state index contributed by atoms with van der Waals surface area (Å²) in [6, 6.07) is 16.9. The number of carbonyl (C=O) groups is 1. The van der Waals surface area contributed by atoms with Gasteiger partial charge in [0.05, 0.1) is 5.69 Å². The number of anilines is 1. The number of aromatic nitrogens is 3. The number of imidazole rings is 1. The molecule has 1 N–H and O–H groups in total. The molecule has 5 heteroatoms. The summed E-state index contributed by atoms with van der Waals surface area (Å²) in [5, 5.41) is 2.84. The average molecular weight is 328 g/mol. The monoisotopic (exact) mass is 328 g/mol. The minimum Gasteiger partial charge on any atom is -0.321 e. The Morgan fingerprint density at radius 2 is 1.84 bits per heavy atom. The van der Waals surface area contributed by atoms with Gasteiger partial charge < -0.3 is 9.72 Å². The van der Waals surface area contributed by atoms with Crippen molar-refractivity contribution in [1.29, 1.82) is 0 Å². The molecule has 1 aromatic carbocycles. The van der Waals surface area contributed by atoms with Crippen LogP contribution in [-0.4, -0.2) is 20.3 Å². The molecule has 122 valence electrons. The number of rotatable bonds is 3. The highest BCUT2D eigenvalue weighted by molar-refractivity contribution is 6.02. The van der Waals surface area contributed by atoms with Gasteiger partial charge in [0.15, 0.2) is 0 Å². The maximum Gasteiger partial charge on any atom is 0.274 e. The van der Waals surface area contributed by atoms with Crippen molar-refractivity contribution in [2.75, 3.05) is 5.32 Å². The summed E-state index contributed by atoms with van der Waals surface area (Å²) in [4.78, 5) is 20.8. The highest BCUT2D eigenvalue weighted by Gasteiger charge is 2.08. The van der Waals surface area contributed by atoms with Crippen LogP contribution in [0.5, 0.6) is 0 Å². The second-order valence-electron chi connectivity index (χ2n) is 5.84. The van der Waals surface area contributed by atoms with Crippen molar-refractivity contribution in [2.45, 2.75) is 6.92 Å². The fraction of sp³-hybridized carbons (Fsp3) is 0.0500. The molecule has 0 aliphatic carbocycles. The number of pyridine rings is 2. The van der Waals surface area contributed by atoms with Crippen molar-refractivity contribution in [3.63, 3.8) is 0 Å². The van der Waals surface area contributed by atoms with Crippen molar-refractivity contribution >= 4 is 17.2 Å². The average Bonchev–Trinajstić information content (AvgIpc) is 3.06. The molecule has 0 unspecified atom stereocenters. The van der Waals surface area contributed by atoms with E-state index in [0.717, 1.165) is 22.6 Å². The summed E-state index contributed by atoms with van der Waals surface area (Å²) < 4.78 is 2.02. The lowest BCUT2D eigenvalue weighted by Gasteiger charge is -2.05. The second-order valence-corrected chi connectivity index (χ2v) is 5.84. The highest BCUT2D eigenvalue weighted by Crippen LogP contribution is 2.22. The Kier molecular flexibility index (Phi) is 3.74. The van der Waals surface area contributed by atoms with E-state index in [-0.39, 0.29) is 5.91 Å². The van der Waals surface area contributed by atoms with Crippen LogP contribution in [0.4, 0.5) is 5.69 Å². The minimum atomic E-state index is -0.225. The Morgan fingerprint density at radius 3 is 2.60 bits per heavy atom. The molecule has 3 heterocycles. The molecule has 0 bridgehead atoms. The zero-order valence-electron chi connectivity index (χ0n) is 13.7. The molecule has 0 aliphatic rings. The molecule has 25 heavy (non-hydrogen) atoms. The number of aryl methyl sites for hydroxylation is 1. The quantitative estimate of drug-likeness (QED) is 0.619. The highest BCUT2D eigenvalue weighted by atomic mass is 16.1. The predicted molar refractivity (Wildman–Crippen MR) is 97.6 cm³/mol. The topological polar surface area (TPSA) is 59.3 Å². The van der Waals surface area contributed by atoms with Gasteiger partial charge in [0, 0.05) is 29.8 Å². The maximum atomic E-state index is 12.1. The van der Waals surface area contributed by atoms with Crippen LogP contribution in [0.2, 0.25) is 0 Å². The van der Waals surface area contributed by atoms with Gasteiger partial charge in [0.25, 0.3) is 5.91 Å². The Hall–Kier alpha value is -3.47. The van der Waals surface area contributed by atoms with Crippen LogP contribution in [0.1, 0.15) is 16.1 Å². The van der Waals surface area contributed by atoms with E-state index in [9.17, 15) is 4.79 Å². The molecule has 0 spiro atoms. The van der Waals surface area contributed by atoms with Crippen molar-refractivity contribution in [2.24, 2.45) is 0 Å². The van der Waals surface area contributed by atoms with Gasteiger partial charge in [-0.1, -0.05) is 24.3 Å². The molecular weight excluding hydrogens is 312 g/mol. The van der Waals surface area contributed by atoms with Gasteiger partial charge in [0.2, 0.25) is 0 Å². The third-order valence-electron chi connectivity index (χ3n) is 3.93. The number of fused-ring (bicyclic) bond motifs is 1. The number of benzene rings is 1. The van der Waals surface area contributed by atoms with Crippen molar-refractivity contribution in [1.82, 2.24) is 14.4 Å². The summed E-state index contributed by atoms with van der Waals surface area (Å²) in [5.41, 5.74) is 5.10. The second kappa shape index (κ2) is 6.20. The lowest BCUT2D eigenvalue weighted by atomic mass is 10.1. The molecule has 0 atom stereocenters. The SMILES string of the molecule is Cc1ccc2nc(-c3ccc(NC(=O)c4ccccn4)cc3)cn2c1. The molecule has 4 aromatic rings. The van der Waals surface area contributed by atoms with E-state index >= 15 is 0 Å². The van der Waals surface area contributed by atoms with Crippen LogP contribution in [0.3, 0.4) is 0 Å². The number of nitrogens with one attached hydrogen (secondary N) is 1. The summed E-state index contributed by atoms with van der Waals surface area (Å²) >= 11 is 0. The smallest absolute Gasteiger partial charge is 0.274 e. The van der Waals surface area contributed by atoms with E-state index in [2.05, 4.69) is 22.2 Å². The van der Waals surface area contributed by atoms with Gasteiger partial charge >= 0.3 is 0 Å². The number of carbonyl (C=O) groups excluding carboxylic acids is 1. The van der Waals surface area contributed by atoms with Crippen LogP contribution in [0, 0.1) is 6.92 Å². The zero-order valence-corrected chi connectivity index (χ0v) is 13.7. The molecule has 0 saturated carbocycles. The van der Waals surface area contributed by atoms with Gasteiger partial charge in [-0.15, -0.1) is 0 Å². The van der Waals surface area contributed by atoms with Crippen molar-refractivity contribution in [3.05, 3.63) is 84.4 Å². The Labute approximate surface area is 145 Å². The molecule has 0 fully saturated rings. The largest absolute Gasteiger partial charge is 0.321 e. The third-order valence-corrected chi connectivity index (χ3v) is 3.93. The summed E-state index contributed by atoms with van der Waals surface area (Å²) in [7, 11) is 0. The van der Waals surface area contributed by atoms with Crippen LogP contribution in [-0.2, 0) is 0 Å². The van der Waals surface area contributed by atoms with Crippen LogP contribution in [0.25, 0.3) is 16.9 Å². The number of amides is 1. The van der Waals surface area contributed by atoms with Gasteiger partial charge in [0.1, 0.15) is 11.3 Å². The van der Waals surface area contributed by atoms with E-state index in [0.29, 0.717) is 5.69 Å². The van der Waals surface area contributed by atoms with E-state index in [1.165, 1.54) is 5.56 Å². The predicted octanol–water partition coefficient (Wildman–Crippen LogP) is 3.96. The van der Waals surface area contributed by atoms with Crippen LogP contribution in [0.15, 0.2) is 73.2 Å². The van der Waals surface area contributed by atoms with Crippen LogP contribution < -0.4 is 5.32 Å². The molecule has 3 aromatic heterocycles. The summed E-state index contributed by atoms with van der Waals surface area (Å²) in [6.45, 7) is 2.05. The molecule has 0 aliphatic heterocycles. The van der Waals surface area contributed by atoms with E-state index in [1.807, 2.05) is 53.2 Å². The zero-order chi connectivity index (χ0) is 17.2. The van der Waals surface area contributed by atoms with E-state index < -0.39 is 0 Å². The molecule has 0 saturated heterocycles. The normalized spacial score (nSPS) is 10.8. The number of hydrogen-bond donors (Lipinski definition) is 1. The molecular formula is C20H16N4O. The first-order valence-corrected chi connectivity index (χ1v) is 7.97. The fourth-order valence-electron chi connectivity index (χ4n) is 2.66. The van der Waals surface area contributed by atoms with E-state index in [4.69, 9.17) is 0 Å².